The molecule has 0 saturated carbocycles. The van der Waals surface area contributed by atoms with Gasteiger partial charge >= 0.3 is 0 Å². The Bertz CT molecular complexity index is 618. The average Bonchev–Trinajstić information content (AvgIpc) is 2.58. The molecule has 0 aliphatic heterocycles. The van der Waals surface area contributed by atoms with Crippen molar-refractivity contribution >= 4 is 25.7 Å². The summed E-state index contributed by atoms with van der Waals surface area (Å²) in [6.45, 7) is 1.32. The van der Waals surface area contributed by atoms with E-state index in [1.807, 2.05) is 0 Å². The number of sulfonamides is 1. The van der Waals surface area contributed by atoms with E-state index in [-0.39, 0.29) is 28.8 Å². The molecule has 3 N–H and O–H groups in total. The lowest BCUT2D eigenvalue weighted by Crippen LogP contribution is -2.30. The van der Waals surface area contributed by atoms with Gasteiger partial charge in [-0.1, -0.05) is 6.92 Å². The van der Waals surface area contributed by atoms with Gasteiger partial charge in [0.25, 0.3) is 0 Å². The van der Waals surface area contributed by atoms with E-state index in [1.165, 1.54) is 24.9 Å². The summed E-state index contributed by atoms with van der Waals surface area (Å²) in [5.41, 5.74) is 5.44. The van der Waals surface area contributed by atoms with Gasteiger partial charge in [0.1, 0.15) is 4.90 Å². The van der Waals surface area contributed by atoms with Crippen LogP contribution in [0, 0.1) is 0 Å². The fourth-order valence-electron chi connectivity index (χ4n) is 1.24. The number of sulfone groups is 1. The maximum atomic E-state index is 11.8. The Hall–Kier alpha value is -1.13. The second-order valence-corrected chi connectivity index (χ2v) is 7.89. The molecule has 0 aliphatic carbocycles. The standard InChI is InChI=1S/C8H16N4O4S2/c1-3-17(13,14)5-4-10-18(15,16)7-6-12(2)11-8(7)9/h6,10H,3-5H2,1-2H3,(H2,9,11). The molecule has 0 radical (unpaired) electrons. The third-order valence-corrected chi connectivity index (χ3v) is 5.44. The molecule has 0 saturated heterocycles. The zero-order valence-corrected chi connectivity index (χ0v) is 11.8. The van der Waals surface area contributed by atoms with Gasteiger partial charge < -0.3 is 5.73 Å². The Morgan fingerprint density at radius 3 is 2.44 bits per heavy atom. The molecule has 0 atom stereocenters. The molecule has 0 bridgehead atoms. The number of aromatic nitrogens is 2. The van der Waals surface area contributed by atoms with Crippen LogP contribution in [-0.2, 0) is 26.9 Å². The highest BCUT2D eigenvalue weighted by atomic mass is 32.2. The highest BCUT2D eigenvalue weighted by molar-refractivity contribution is 7.91. The maximum absolute atomic E-state index is 11.8. The fourth-order valence-corrected chi connectivity index (χ4v) is 3.21. The summed E-state index contributed by atoms with van der Waals surface area (Å²) in [6.07, 6.45) is 1.26. The molecule has 0 unspecified atom stereocenters. The summed E-state index contributed by atoms with van der Waals surface area (Å²) in [4.78, 5) is -0.154. The van der Waals surface area contributed by atoms with E-state index >= 15 is 0 Å². The van der Waals surface area contributed by atoms with Crippen LogP contribution < -0.4 is 10.5 Å². The van der Waals surface area contributed by atoms with Crippen molar-refractivity contribution in [2.45, 2.75) is 11.8 Å². The predicted molar refractivity (Wildman–Crippen MR) is 67.1 cm³/mol. The SMILES string of the molecule is CCS(=O)(=O)CCNS(=O)(=O)c1cn(C)nc1N. The van der Waals surface area contributed by atoms with Gasteiger partial charge in [-0.15, -0.1) is 0 Å². The Kier molecular flexibility index (Phi) is 4.35. The summed E-state index contributed by atoms with van der Waals surface area (Å²) >= 11 is 0. The molecule has 0 fully saturated rings. The minimum absolute atomic E-state index is 0.0240. The summed E-state index contributed by atoms with van der Waals surface area (Å²) in [5.74, 6) is -0.393. The molecule has 0 aromatic carbocycles. The van der Waals surface area contributed by atoms with Gasteiger partial charge in [-0.05, 0) is 0 Å². The molecular formula is C8H16N4O4S2. The smallest absolute Gasteiger partial charge is 0.245 e. The summed E-state index contributed by atoms with van der Waals surface area (Å²) < 4.78 is 49.5. The van der Waals surface area contributed by atoms with Crippen molar-refractivity contribution in [3.63, 3.8) is 0 Å². The first-order valence-electron chi connectivity index (χ1n) is 5.17. The number of hydrogen-bond acceptors (Lipinski definition) is 6. The first-order chi connectivity index (χ1) is 8.18. The Balaban J connectivity index is 2.76. The van der Waals surface area contributed by atoms with E-state index in [2.05, 4.69) is 9.82 Å². The maximum Gasteiger partial charge on any atom is 0.245 e. The lowest BCUT2D eigenvalue weighted by atomic mass is 10.7. The number of anilines is 1. The molecule has 18 heavy (non-hydrogen) atoms. The van der Waals surface area contributed by atoms with E-state index in [0.29, 0.717) is 0 Å². The van der Waals surface area contributed by atoms with Crippen LogP contribution in [0.15, 0.2) is 11.1 Å². The zero-order chi connectivity index (χ0) is 14.0. The van der Waals surface area contributed by atoms with Crippen LogP contribution in [0.1, 0.15) is 6.92 Å². The molecule has 0 spiro atoms. The predicted octanol–water partition coefficient (Wildman–Crippen LogP) is -1.28. The van der Waals surface area contributed by atoms with Gasteiger partial charge in [0.05, 0.1) is 5.75 Å². The largest absolute Gasteiger partial charge is 0.381 e. The number of nitrogens with zero attached hydrogens (tertiary/aromatic N) is 2. The van der Waals surface area contributed by atoms with E-state index < -0.39 is 19.9 Å². The van der Waals surface area contributed by atoms with Gasteiger partial charge in [0.2, 0.25) is 10.0 Å². The first kappa shape index (κ1) is 14.9. The van der Waals surface area contributed by atoms with Crippen LogP contribution in [0.4, 0.5) is 5.82 Å². The first-order valence-corrected chi connectivity index (χ1v) is 8.47. The van der Waals surface area contributed by atoms with Gasteiger partial charge in [-0.2, -0.15) is 5.10 Å². The van der Waals surface area contributed by atoms with Crippen LogP contribution in [0.3, 0.4) is 0 Å². The lowest BCUT2D eigenvalue weighted by Gasteiger charge is -2.05. The molecular weight excluding hydrogens is 280 g/mol. The third-order valence-electron chi connectivity index (χ3n) is 2.26. The zero-order valence-electron chi connectivity index (χ0n) is 10.1. The van der Waals surface area contributed by atoms with Crippen molar-refractivity contribution in [1.29, 1.82) is 0 Å². The van der Waals surface area contributed by atoms with Crippen LogP contribution in [0.25, 0.3) is 0 Å². The van der Waals surface area contributed by atoms with Crippen LogP contribution in [0.2, 0.25) is 0 Å². The van der Waals surface area contributed by atoms with Gasteiger partial charge in [-0.25, -0.2) is 21.6 Å². The van der Waals surface area contributed by atoms with Crippen molar-refractivity contribution in [3.05, 3.63) is 6.20 Å². The Morgan fingerprint density at radius 1 is 1.39 bits per heavy atom. The number of aryl methyl sites for hydroxylation is 1. The van der Waals surface area contributed by atoms with Gasteiger partial charge in [0, 0.05) is 25.5 Å². The minimum atomic E-state index is -3.82. The molecule has 10 heteroatoms. The quantitative estimate of drug-likeness (QED) is 0.673. The number of nitrogens with one attached hydrogen (secondary N) is 1. The number of hydrogen-bond donors (Lipinski definition) is 2. The van der Waals surface area contributed by atoms with Crippen molar-refractivity contribution in [3.8, 4) is 0 Å². The van der Waals surface area contributed by atoms with Crippen molar-refractivity contribution in [1.82, 2.24) is 14.5 Å². The van der Waals surface area contributed by atoms with Gasteiger partial charge in [0.15, 0.2) is 15.7 Å². The minimum Gasteiger partial charge on any atom is -0.381 e. The Morgan fingerprint density at radius 2 is 2.00 bits per heavy atom. The molecule has 8 nitrogen and oxygen atoms in total. The molecule has 0 amide bonds. The van der Waals surface area contributed by atoms with Crippen LogP contribution >= 0.6 is 0 Å². The summed E-state index contributed by atoms with van der Waals surface area (Å²) in [5, 5.41) is 3.71. The topological polar surface area (TPSA) is 124 Å². The van der Waals surface area contributed by atoms with Gasteiger partial charge in [-0.3, -0.25) is 4.68 Å². The lowest BCUT2D eigenvalue weighted by molar-refractivity contribution is 0.581. The molecule has 1 rings (SSSR count). The Labute approximate surface area is 106 Å². The summed E-state index contributed by atoms with van der Waals surface area (Å²) in [6, 6.07) is 0. The monoisotopic (exact) mass is 296 g/mol. The highest BCUT2D eigenvalue weighted by Gasteiger charge is 2.20. The molecule has 0 aliphatic rings. The van der Waals surface area contributed by atoms with Crippen molar-refractivity contribution in [2.24, 2.45) is 7.05 Å². The van der Waals surface area contributed by atoms with Crippen molar-refractivity contribution in [2.75, 3.05) is 23.8 Å². The average molecular weight is 296 g/mol. The number of nitrogen functional groups attached to an aromatic ring is 1. The number of nitrogens with two attached hydrogens (primary N) is 1. The molecule has 1 aromatic rings. The fraction of sp³-hybridized carbons (Fsp3) is 0.625. The molecule has 1 heterocycles. The van der Waals surface area contributed by atoms with E-state index in [9.17, 15) is 16.8 Å². The van der Waals surface area contributed by atoms with E-state index in [0.717, 1.165) is 0 Å². The summed E-state index contributed by atoms with van der Waals surface area (Å²) in [7, 11) is -5.49. The van der Waals surface area contributed by atoms with E-state index in [1.54, 1.807) is 0 Å². The molecule has 1 aromatic heterocycles. The number of rotatable bonds is 6. The van der Waals surface area contributed by atoms with E-state index in [4.69, 9.17) is 5.73 Å². The van der Waals surface area contributed by atoms with Crippen LogP contribution in [-0.4, -0.2) is 44.7 Å². The molecule has 104 valence electrons. The normalized spacial score (nSPS) is 12.8. The third kappa shape index (κ3) is 3.68. The second kappa shape index (κ2) is 5.24. The van der Waals surface area contributed by atoms with Crippen molar-refractivity contribution < 1.29 is 16.8 Å². The van der Waals surface area contributed by atoms with Crippen LogP contribution in [0.5, 0.6) is 0 Å². The second-order valence-electron chi connectivity index (χ2n) is 3.69. The highest BCUT2D eigenvalue weighted by Crippen LogP contribution is 2.14.